The molecule has 0 aliphatic rings. The van der Waals surface area contributed by atoms with Crippen LogP contribution in [0.3, 0.4) is 0 Å². The minimum atomic E-state index is -1.08. The van der Waals surface area contributed by atoms with Gasteiger partial charge in [0.1, 0.15) is 24.7 Å². The van der Waals surface area contributed by atoms with Gasteiger partial charge in [0.05, 0.1) is 17.8 Å². The largest absolute Gasteiger partial charge is 0.490 e. The van der Waals surface area contributed by atoms with Gasteiger partial charge in [-0.2, -0.15) is 0 Å². The normalized spacial score (nSPS) is 10.8. The van der Waals surface area contributed by atoms with E-state index in [9.17, 15) is 29.4 Å². The zero-order chi connectivity index (χ0) is 42.1. The molecule has 2 rings (SSSR count). The summed E-state index contributed by atoms with van der Waals surface area (Å²) in [4.78, 5) is 43.7. The standard InChI is InChI=1S/C18H27NO6.C11H17NO2.C4H5ClO3.C4H11NO2/c1-12-10-13(6-8-15(12)25-11-18(2,3)22)19-17(21)14(20)7-9-16(23-4)24-5;1-8-6-9(12)4-5-10(8)14-7-11(2,3)13;1-2-8-4(7)3(5)6;1-6-4(3-5)7-2/h6,8,10,16,22H,7,9,11H2,1-5H3,(H,19,21);4-6,13H,7,12H2,1-3H3;2H2,1H3;4H,3,5H2,1-2H3. The highest BCUT2D eigenvalue weighted by Gasteiger charge is 2.18. The molecular weight excluding hydrogens is 730 g/mol. The molecule has 0 aliphatic heterocycles. The molecule has 308 valence electrons. The molecule has 1 amide bonds. The van der Waals surface area contributed by atoms with E-state index in [1.807, 2.05) is 26.0 Å². The Labute approximate surface area is 323 Å². The first-order valence-electron chi connectivity index (χ1n) is 16.8. The van der Waals surface area contributed by atoms with Gasteiger partial charge < -0.3 is 60.2 Å². The van der Waals surface area contributed by atoms with Crippen molar-refractivity contribution < 1.29 is 62.5 Å². The maximum Gasteiger partial charge on any atom is 0.391 e. The molecule has 0 saturated heterocycles. The van der Waals surface area contributed by atoms with Crippen LogP contribution in [0.15, 0.2) is 36.4 Å². The minimum Gasteiger partial charge on any atom is -0.490 e. The summed E-state index contributed by atoms with van der Waals surface area (Å²) >= 11 is 4.69. The van der Waals surface area contributed by atoms with Gasteiger partial charge in [-0.1, -0.05) is 0 Å². The lowest BCUT2D eigenvalue weighted by Gasteiger charge is -2.19. The molecule has 17 heteroatoms. The third kappa shape index (κ3) is 26.0. The van der Waals surface area contributed by atoms with Crippen LogP contribution in [-0.4, -0.2) is 112 Å². The van der Waals surface area contributed by atoms with Crippen LogP contribution in [0, 0.1) is 13.8 Å². The SMILES string of the molecule is CCOC(=O)C(=O)Cl.COC(CCC(=O)C(=O)Nc1ccc(OCC(C)(C)O)c(C)c1)OC.COC(CN)OC.Cc1cc(N)ccc1OCC(C)(C)O. The number of nitrogen functional groups attached to an aromatic ring is 1. The van der Waals surface area contributed by atoms with Crippen molar-refractivity contribution in [3.05, 3.63) is 47.5 Å². The number of halogens is 1. The molecule has 0 saturated carbocycles. The van der Waals surface area contributed by atoms with E-state index in [0.29, 0.717) is 24.4 Å². The quantitative estimate of drug-likeness (QED) is 0.0476. The summed E-state index contributed by atoms with van der Waals surface area (Å²) in [7, 11) is 6.06. The van der Waals surface area contributed by atoms with Gasteiger partial charge in [-0.3, -0.25) is 14.4 Å². The Bertz CT molecular complexity index is 1400. The summed E-state index contributed by atoms with van der Waals surface area (Å²) < 4.78 is 34.5. The number of ketones is 1. The van der Waals surface area contributed by atoms with Crippen molar-refractivity contribution in [1.29, 1.82) is 0 Å². The maximum absolute atomic E-state index is 11.9. The van der Waals surface area contributed by atoms with Crippen molar-refractivity contribution in [3.8, 4) is 11.5 Å². The molecule has 0 bridgehead atoms. The fourth-order valence-electron chi connectivity index (χ4n) is 3.60. The molecule has 7 N–H and O–H groups in total. The number of benzene rings is 2. The summed E-state index contributed by atoms with van der Waals surface area (Å²) in [5, 5.41) is 20.7. The van der Waals surface area contributed by atoms with E-state index in [4.69, 9.17) is 51.5 Å². The first kappa shape index (κ1) is 52.2. The zero-order valence-corrected chi connectivity index (χ0v) is 34.0. The lowest BCUT2D eigenvalue weighted by atomic mass is 10.1. The number of hydrogen-bond acceptors (Lipinski definition) is 15. The summed E-state index contributed by atoms with van der Waals surface area (Å²) in [6, 6.07) is 10.5. The Morgan fingerprint density at radius 3 is 1.59 bits per heavy atom. The Morgan fingerprint density at radius 1 is 0.796 bits per heavy atom. The van der Waals surface area contributed by atoms with Gasteiger partial charge in [0, 0.05) is 59.2 Å². The zero-order valence-electron chi connectivity index (χ0n) is 33.3. The van der Waals surface area contributed by atoms with Crippen molar-refractivity contribution in [2.45, 2.75) is 85.1 Å². The average Bonchev–Trinajstić information content (AvgIpc) is 3.08. The molecule has 0 heterocycles. The van der Waals surface area contributed by atoms with Crippen molar-refractivity contribution in [2.24, 2.45) is 5.73 Å². The predicted octanol–water partition coefficient (Wildman–Crippen LogP) is 3.66. The minimum absolute atomic E-state index is 0.0317. The molecule has 2 aromatic carbocycles. The molecular formula is C37H60ClN3O13. The fraction of sp³-hybridized carbons (Fsp3) is 0.568. The molecule has 0 aliphatic carbocycles. The van der Waals surface area contributed by atoms with Gasteiger partial charge in [0.2, 0.25) is 5.78 Å². The topological polar surface area (TPSA) is 237 Å². The van der Waals surface area contributed by atoms with E-state index in [0.717, 1.165) is 22.6 Å². The number of Topliss-reactive ketones (excluding diaryl/α,β-unsaturated/α-hetero) is 1. The van der Waals surface area contributed by atoms with E-state index in [2.05, 4.69) is 10.1 Å². The van der Waals surface area contributed by atoms with Crippen LogP contribution in [0.1, 0.15) is 58.6 Å². The fourth-order valence-corrected chi connectivity index (χ4v) is 3.66. The van der Waals surface area contributed by atoms with Crippen molar-refractivity contribution >= 4 is 45.9 Å². The van der Waals surface area contributed by atoms with Crippen molar-refractivity contribution in [2.75, 3.05) is 65.9 Å². The summed E-state index contributed by atoms with van der Waals surface area (Å²) in [5.74, 6) is -0.848. The van der Waals surface area contributed by atoms with E-state index in [1.165, 1.54) is 14.2 Å². The highest BCUT2D eigenvalue weighted by Crippen LogP contribution is 2.23. The second kappa shape index (κ2) is 27.7. The smallest absolute Gasteiger partial charge is 0.391 e. The number of carbonyl (C=O) groups excluding carboxylic acids is 4. The van der Waals surface area contributed by atoms with E-state index in [1.54, 1.807) is 73.1 Å². The third-order valence-corrected chi connectivity index (χ3v) is 6.49. The van der Waals surface area contributed by atoms with Crippen molar-refractivity contribution in [1.82, 2.24) is 0 Å². The highest BCUT2D eigenvalue weighted by molar-refractivity contribution is 6.80. The molecule has 0 spiro atoms. The number of anilines is 2. The highest BCUT2D eigenvalue weighted by atomic mass is 35.5. The first-order chi connectivity index (χ1) is 25.1. The number of nitrogens with two attached hydrogens (primary N) is 2. The van der Waals surface area contributed by atoms with Crippen LogP contribution in [0.5, 0.6) is 11.5 Å². The van der Waals surface area contributed by atoms with Gasteiger partial charge in [-0.25, -0.2) is 4.79 Å². The Hall–Kier alpha value is -3.87. The number of aryl methyl sites for hydroxylation is 2. The molecule has 54 heavy (non-hydrogen) atoms. The van der Waals surface area contributed by atoms with Crippen LogP contribution in [0.25, 0.3) is 0 Å². The lowest BCUT2D eigenvalue weighted by Crippen LogP contribution is -2.28. The van der Waals surface area contributed by atoms with Crippen LogP contribution in [-0.2, 0) is 42.9 Å². The number of aliphatic hydroxyl groups is 2. The summed E-state index contributed by atoms with van der Waals surface area (Å²) in [6.07, 6.45) is -0.405. The Balaban J connectivity index is 0. The number of esters is 1. The van der Waals surface area contributed by atoms with Gasteiger partial charge in [0.25, 0.3) is 5.91 Å². The molecule has 0 unspecified atom stereocenters. The number of nitrogens with one attached hydrogen (secondary N) is 1. The molecule has 2 aromatic rings. The Morgan fingerprint density at radius 2 is 1.26 bits per heavy atom. The second-order valence-electron chi connectivity index (χ2n) is 12.7. The van der Waals surface area contributed by atoms with Crippen molar-refractivity contribution in [3.63, 3.8) is 0 Å². The van der Waals surface area contributed by atoms with Gasteiger partial charge >= 0.3 is 11.2 Å². The van der Waals surface area contributed by atoms with Gasteiger partial charge in [-0.15, -0.1) is 0 Å². The van der Waals surface area contributed by atoms with Crippen LogP contribution in [0.2, 0.25) is 0 Å². The number of hydrogen-bond donors (Lipinski definition) is 5. The average molecular weight is 790 g/mol. The number of methoxy groups -OCH3 is 4. The molecule has 16 nitrogen and oxygen atoms in total. The lowest BCUT2D eigenvalue weighted by molar-refractivity contribution is -0.149. The Kier molecular flexibility index (Phi) is 26.8. The van der Waals surface area contributed by atoms with Gasteiger partial charge in [-0.05, 0) is 108 Å². The first-order valence-corrected chi connectivity index (χ1v) is 17.1. The number of ether oxygens (including phenoxy) is 7. The maximum atomic E-state index is 11.9. The summed E-state index contributed by atoms with van der Waals surface area (Å²) in [5.41, 5.74) is 12.0. The molecule has 0 radical (unpaired) electrons. The molecule has 0 fully saturated rings. The predicted molar refractivity (Wildman–Crippen MR) is 205 cm³/mol. The molecule has 0 atom stereocenters. The van der Waals surface area contributed by atoms with Crippen LogP contribution >= 0.6 is 11.6 Å². The third-order valence-electron chi connectivity index (χ3n) is 6.33. The van der Waals surface area contributed by atoms with Gasteiger partial charge in [0.15, 0.2) is 12.6 Å². The van der Waals surface area contributed by atoms with Crippen LogP contribution in [0.4, 0.5) is 11.4 Å². The number of amides is 1. The number of carbonyl (C=O) groups is 4. The van der Waals surface area contributed by atoms with E-state index in [-0.39, 0.29) is 32.5 Å². The van der Waals surface area contributed by atoms with E-state index < -0.39 is 40.4 Å². The monoisotopic (exact) mass is 789 g/mol. The number of rotatable bonds is 18. The molecule has 0 aromatic heterocycles. The van der Waals surface area contributed by atoms with E-state index >= 15 is 0 Å². The summed E-state index contributed by atoms with van der Waals surface area (Å²) in [6.45, 7) is 13.1. The van der Waals surface area contributed by atoms with Crippen LogP contribution < -0.4 is 26.3 Å². The second-order valence-corrected chi connectivity index (χ2v) is 13.0.